The Balaban J connectivity index is 1.25. The molecule has 0 saturated carbocycles. The average Bonchev–Trinajstić information content (AvgIpc) is 3.28. The van der Waals surface area contributed by atoms with Crippen LogP contribution >= 0.6 is 0 Å². The summed E-state index contributed by atoms with van der Waals surface area (Å²) in [4.78, 5) is 99.6. The van der Waals surface area contributed by atoms with Gasteiger partial charge < -0.3 is 30.3 Å². The van der Waals surface area contributed by atoms with E-state index in [1.54, 1.807) is 38.1 Å². The Morgan fingerprint density at radius 1 is 0.740 bits per heavy atom. The lowest BCUT2D eigenvalue weighted by Gasteiger charge is -2.32. The molecule has 2 heterocycles. The topological polar surface area (TPSA) is 339 Å². The first-order valence-electron chi connectivity index (χ1n) is 23.8. The summed E-state index contributed by atoms with van der Waals surface area (Å²) in [6.07, 6.45) is 1.36. The molecule has 0 saturated heterocycles. The minimum absolute atomic E-state index is 0.0156. The molecule has 2 aromatic heterocycles. The summed E-state index contributed by atoms with van der Waals surface area (Å²) in [5, 5.41) is 33.9. The normalized spacial score (nSPS) is 12.3. The zero-order valence-corrected chi connectivity index (χ0v) is 42.7. The van der Waals surface area contributed by atoms with Gasteiger partial charge in [-0.1, -0.05) is 41.5 Å². The lowest BCUT2D eigenvalue weighted by molar-refractivity contribution is -0.384. The van der Waals surface area contributed by atoms with Crippen molar-refractivity contribution < 1.29 is 33.6 Å². The van der Waals surface area contributed by atoms with Crippen LogP contribution in [0.2, 0.25) is 0 Å². The van der Waals surface area contributed by atoms with E-state index in [0.29, 0.717) is 67.3 Å². The first kappa shape index (κ1) is 57.6. The molecule has 0 aliphatic carbocycles. The van der Waals surface area contributed by atoms with Crippen LogP contribution in [0, 0.1) is 46.6 Å². The third-order valence-electron chi connectivity index (χ3n) is 11.1. The number of ether oxygens (including phenoxy) is 2. The van der Waals surface area contributed by atoms with E-state index in [2.05, 4.69) is 63.7 Å². The number of hydrazine groups is 1. The fraction of sp³-hybridized carbons (Fsp3) is 0.500. The molecule has 0 aliphatic heterocycles. The number of anilines is 3. The minimum atomic E-state index is -0.729. The van der Waals surface area contributed by atoms with E-state index in [4.69, 9.17) is 15.3 Å². The van der Waals surface area contributed by atoms with Crippen LogP contribution in [0.5, 0.6) is 0 Å². The molecule has 0 spiro atoms. The summed E-state index contributed by atoms with van der Waals surface area (Å²) in [5.74, 6) is 6.66. The number of hydrogen-bond acceptors (Lipinski definition) is 16. The number of nitrogens with zero attached hydrogens (tertiary/aromatic N) is 7. The van der Waals surface area contributed by atoms with Crippen molar-refractivity contribution in [3.05, 3.63) is 103 Å². The molecule has 25 nitrogen and oxygen atoms in total. The highest BCUT2D eigenvalue weighted by molar-refractivity contribution is 5.87. The summed E-state index contributed by atoms with van der Waals surface area (Å²) in [6.45, 7) is 17.0. The van der Waals surface area contributed by atoms with Crippen molar-refractivity contribution in [2.75, 3.05) is 68.0 Å². The van der Waals surface area contributed by atoms with Crippen LogP contribution < -0.4 is 48.4 Å². The van der Waals surface area contributed by atoms with Crippen molar-refractivity contribution >= 4 is 58.9 Å². The third kappa shape index (κ3) is 21.9. The molecule has 0 radical (unpaired) electrons. The summed E-state index contributed by atoms with van der Waals surface area (Å²) >= 11 is 0. The van der Waals surface area contributed by atoms with Gasteiger partial charge in [-0.25, -0.2) is 40.0 Å². The van der Waals surface area contributed by atoms with Crippen LogP contribution in [-0.2, 0) is 9.47 Å². The fourth-order valence-corrected chi connectivity index (χ4v) is 7.99. The van der Waals surface area contributed by atoms with Gasteiger partial charge in [-0.05, 0) is 98.6 Å². The van der Waals surface area contributed by atoms with Crippen molar-refractivity contribution in [3.8, 4) is 0 Å². The Hall–Kier alpha value is -7.96. The maximum atomic E-state index is 13.1. The number of benzene rings is 2. The predicted octanol–water partition coefficient (Wildman–Crippen LogP) is 7.17. The SMILES string of the molecule is Cc1cc(=O)[nH]c(NC(=O)NCCC(C)CC(C)(C)CNC(=O)OCCN(CCOC(=O)N(N)CC(C)(C)CC(C)CCNC(=O)Nc2nc(C)cc(=O)[nH]2)c2ccc(N=Nc3ccc([N+](=O)[O-])cc3)cc2)n1. The molecule has 0 bridgehead atoms. The molecule has 4 aromatic rings. The Kier molecular flexibility index (Phi) is 21.8. The summed E-state index contributed by atoms with van der Waals surface area (Å²) < 4.78 is 11.2. The zero-order valence-electron chi connectivity index (χ0n) is 42.7. The number of hydrogen-bond donors (Lipinski definition) is 8. The van der Waals surface area contributed by atoms with Gasteiger partial charge in [0.25, 0.3) is 16.8 Å². The van der Waals surface area contributed by atoms with Crippen LogP contribution in [-0.4, -0.2) is 107 Å². The van der Waals surface area contributed by atoms with Crippen LogP contribution in [0.25, 0.3) is 0 Å². The average molecular weight is 1020 g/mol. The maximum Gasteiger partial charge on any atom is 0.424 e. The number of non-ortho nitro benzene ring substituents is 1. The van der Waals surface area contributed by atoms with Gasteiger partial charge >= 0.3 is 24.2 Å². The van der Waals surface area contributed by atoms with E-state index in [9.17, 15) is 38.9 Å². The van der Waals surface area contributed by atoms with E-state index in [0.717, 1.165) is 11.4 Å². The van der Waals surface area contributed by atoms with E-state index in [1.165, 1.54) is 36.4 Å². The zero-order chi connectivity index (χ0) is 53.7. The number of nitrogens with one attached hydrogen (secondary N) is 7. The monoisotopic (exact) mass is 1020 g/mol. The number of amides is 6. The number of aromatic amines is 2. The van der Waals surface area contributed by atoms with E-state index in [1.807, 2.05) is 39.5 Å². The number of carbonyl (C=O) groups is 4. The molecule has 2 aromatic carbocycles. The first-order valence-corrected chi connectivity index (χ1v) is 23.8. The van der Waals surface area contributed by atoms with Gasteiger partial charge in [0.15, 0.2) is 0 Å². The Labute approximate surface area is 423 Å². The number of nitrogens with two attached hydrogens (primary N) is 1. The number of nitro benzene ring substituents is 1. The summed E-state index contributed by atoms with van der Waals surface area (Å²) in [5.41, 5.74) is 1.04. The second kappa shape index (κ2) is 27.6. The van der Waals surface area contributed by atoms with Gasteiger partial charge in [-0.3, -0.25) is 40.3 Å². The second-order valence-electron chi connectivity index (χ2n) is 19.5. The molecule has 25 heteroatoms. The number of H-pyrrole nitrogens is 2. The third-order valence-corrected chi connectivity index (χ3v) is 11.1. The van der Waals surface area contributed by atoms with Gasteiger partial charge in [0, 0.05) is 67.5 Å². The molecule has 0 fully saturated rings. The summed E-state index contributed by atoms with van der Waals surface area (Å²) in [7, 11) is 0. The smallest absolute Gasteiger partial charge is 0.424 e. The number of rotatable bonds is 26. The first-order chi connectivity index (χ1) is 34.4. The van der Waals surface area contributed by atoms with E-state index >= 15 is 0 Å². The molecule has 2 unspecified atom stereocenters. The maximum absolute atomic E-state index is 13.1. The molecule has 73 heavy (non-hydrogen) atoms. The van der Waals surface area contributed by atoms with Crippen LogP contribution in [0.3, 0.4) is 0 Å². The predicted molar refractivity (Wildman–Crippen MR) is 275 cm³/mol. The number of urea groups is 2. The highest BCUT2D eigenvalue weighted by Crippen LogP contribution is 2.29. The van der Waals surface area contributed by atoms with Crippen LogP contribution in [0.1, 0.15) is 78.6 Å². The molecule has 0 aliphatic rings. The molecule has 396 valence electrons. The Morgan fingerprint density at radius 3 is 1.68 bits per heavy atom. The number of nitro groups is 1. The lowest BCUT2D eigenvalue weighted by atomic mass is 9.82. The molecule has 6 amide bonds. The van der Waals surface area contributed by atoms with Crippen LogP contribution in [0.4, 0.5) is 53.8 Å². The molecule has 4 rings (SSSR count). The van der Waals surface area contributed by atoms with E-state index in [-0.39, 0.29) is 78.8 Å². The standard InChI is InChI=1S/C48H69N15O10/c1-31(17-19-50-43(66)57-41-53-33(3)25-39(64)55-41)27-47(5,6)29-52-45(68)72-23-21-61(37-13-9-35(10-14-37)59-60-36-11-15-38(16-12-36)63(70)71)22-24-73-46(69)62(49)30-48(7,8)28-32(2)18-20-51-44(67)58-42-54-34(4)26-40(65)56-42/h9-16,25-26,31-32H,17-24,27-30,49H2,1-8H3,(H,52,68)(H3,50,53,55,57,64,66)(H3,51,54,56,58,65,67). The number of alkyl carbamates (subject to hydrolysis) is 1. The highest BCUT2D eigenvalue weighted by Gasteiger charge is 2.27. The van der Waals surface area contributed by atoms with Crippen molar-refractivity contribution in [2.24, 2.45) is 38.7 Å². The number of carbonyl (C=O) groups excluding carboxylic acids is 4. The molecule has 2 atom stereocenters. The fourth-order valence-electron chi connectivity index (χ4n) is 7.99. The molecular formula is C48H69N15O10. The summed E-state index contributed by atoms with van der Waals surface area (Å²) in [6, 6.07) is 14.3. The quantitative estimate of drug-likeness (QED) is 0.0102. The molecular weight excluding hydrogens is 947 g/mol. The van der Waals surface area contributed by atoms with Crippen molar-refractivity contribution in [1.82, 2.24) is 40.9 Å². The lowest BCUT2D eigenvalue weighted by Crippen LogP contribution is -2.45. The Morgan fingerprint density at radius 2 is 1.21 bits per heavy atom. The molecule has 9 N–H and O–H groups in total. The van der Waals surface area contributed by atoms with Gasteiger partial charge in [-0.2, -0.15) is 10.2 Å². The van der Waals surface area contributed by atoms with Crippen molar-refractivity contribution in [1.29, 1.82) is 0 Å². The van der Waals surface area contributed by atoms with Crippen molar-refractivity contribution in [2.45, 2.75) is 81.1 Å². The number of aryl methyl sites for hydroxylation is 2. The van der Waals surface area contributed by atoms with E-state index < -0.39 is 34.6 Å². The van der Waals surface area contributed by atoms with Gasteiger partial charge in [0.05, 0.1) is 29.4 Å². The van der Waals surface area contributed by atoms with Crippen LogP contribution in [0.15, 0.2) is 80.5 Å². The number of azo groups is 1. The highest BCUT2D eigenvalue weighted by atomic mass is 16.6. The van der Waals surface area contributed by atoms with Gasteiger partial charge in [0.2, 0.25) is 11.9 Å². The Bertz CT molecular complexity index is 2620. The van der Waals surface area contributed by atoms with Gasteiger partial charge in [-0.15, -0.1) is 0 Å². The largest absolute Gasteiger partial charge is 0.448 e. The van der Waals surface area contributed by atoms with Crippen molar-refractivity contribution in [3.63, 3.8) is 0 Å². The van der Waals surface area contributed by atoms with Gasteiger partial charge in [0.1, 0.15) is 13.2 Å². The minimum Gasteiger partial charge on any atom is -0.448 e. The second-order valence-corrected chi connectivity index (χ2v) is 19.5. The number of aromatic nitrogens is 4.